The summed E-state index contributed by atoms with van der Waals surface area (Å²) in [6.07, 6.45) is 4.66. The van der Waals surface area contributed by atoms with Gasteiger partial charge in [0.1, 0.15) is 6.07 Å². The normalized spacial score (nSPS) is 19.9. The van der Waals surface area contributed by atoms with Crippen LogP contribution in [0.3, 0.4) is 0 Å². The van der Waals surface area contributed by atoms with Crippen LogP contribution in [0.1, 0.15) is 30.2 Å². The number of pyridine rings is 1. The van der Waals surface area contributed by atoms with Crippen LogP contribution in [0.2, 0.25) is 0 Å². The lowest BCUT2D eigenvalue weighted by Crippen LogP contribution is -2.15. The van der Waals surface area contributed by atoms with Crippen molar-refractivity contribution in [1.82, 2.24) is 4.98 Å². The number of fused-ring (bicyclic) bond motifs is 1. The highest BCUT2D eigenvalue weighted by Gasteiger charge is 2.20. The Morgan fingerprint density at radius 3 is 3.14 bits per heavy atom. The summed E-state index contributed by atoms with van der Waals surface area (Å²) < 4.78 is 0. The highest BCUT2D eigenvalue weighted by atomic mass is 14.7. The largest absolute Gasteiger partial charge is 0.396 e. The van der Waals surface area contributed by atoms with Crippen LogP contribution in [0.15, 0.2) is 6.20 Å². The number of nitrogen functional groups attached to an aromatic ring is 1. The first-order valence-electron chi connectivity index (χ1n) is 4.88. The fourth-order valence-electron chi connectivity index (χ4n) is 2.01. The van der Waals surface area contributed by atoms with Gasteiger partial charge in [-0.1, -0.05) is 6.92 Å². The van der Waals surface area contributed by atoms with Gasteiger partial charge in [0.25, 0.3) is 0 Å². The zero-order valence-electron chi connectivity index (χ0n) is 8.25. The molecule has 3 heteroatoms. The van der Waals surface area contributed by atoms with Gasteiger partial charge >= 0.3 is 0 Å². The first-order chi connectivity index (χ1) is 6.72. The van der Waals surface area contributed by atoms with Crippen molar-refractivity contribution in [3.05, 3.63) is 23.0 Å². The quantitative estimate of drug-likeness (QED) is 0.671. The molecule has 0 fully saturated rings. The standard InChI is InChI=1S/C11H13N3/c1-7-2-3-8-9(5-12)10(13)6-14-11(8)4-7/h6-7H,2-4,13H2,1H3. The maximum atomic E-state index is 8.98. The molecule has 2 N–H and O–H groups in total. The highest BCUT2D eigenvalue weighted by Crippen LogP contribution is 2.28. The van der Waals surface area contributed by atoms with Crippen LogP contribution in [-0.4, -0.2) is 4.98 Å². The molecule has 14 heavy (non-hydrogen) atoms. The van der Waals surface area contributed by atoms with Crippen molar-refractivity contribution in [3.63, 3.8) is 0 Å². The second kappa shape index (κ2) is 3.30. The molecular weight excluding hydrogens is 174 g/mol. The first-order valence-corrected chi connectivity index (χ1v) is 4.88. The molecule has 1 aliphatic carbocycles. The van der Waals surface area contributed by atoms with Crippen molar-refractivity contribution in [2.45, 2.75) is 26.2 Å². The summed E-state index contributed by atoms with van der Waals surface area (Å²) in [5, 5.41) is 8.98. The lowest BCUT2D eigenvalue weighted by molar-refractivity contribution is 0.492. The second-order valence-corrected chi connectivity index (χ2v) is 3.97. The molecule has 1 aromatic heterocycles. The van der Waals surface area contributed by atoms with E-state index in [4.69, 9.17) is 11.0 Å². The van der Waals surface area contributed by atoms with Crippen molar-refractivity contribution in [3.8, 4) is 6.07 Å². The minimum Gasteiger partial charge on any atom is -0.396 e. The van der Waals surface area contributed by atoms with Gasteiger partial charge in [0.2, 0.25) is 0 Å². The van der Waals surface area contributed by atoms with Gasteiger partial charge < -0.3 is 5.73 Å². The molecule has 0 spiro atoms. The topological polar surface area (TPSA) is 62.7 Å². The van der Waals surface area contributed by atoms with Gasteiger partial charge in [-0.25, -0.2) is 0 Å². The molecule has 0 bridgehead atoms. The van der Waals surface area contributed by atoms with Crippen molar-refractivity contribution in [2.24, 2.45) is 5.92 Å². The highest BCUT2D eigenvalue weighted by molar-refractivity contribution is 5.58. The van der Waals surface area contributed by atoms with E-state index in [0.717, 1.165) is 30.5 Å². The van der Waals surface area contributed by atoms with Gasteiger partial charge in [0, 0.05) is 5.69 Å². The number of nitriles is 1. The molecule has 1 aromatic rings. The van der Waals surface area contributed by atoms with Crippen LogP contribution in [0, 0.1) is 17.2 Å². The van der Waals surface area contributed by atoms with Gasteiger partial charge in [0.05, 0.1) is 17.4 Å². The van der Waals surface area contributed by atoms with Crippen LogP contribution in [0.4, 0.5) is 5.69 Å². The van der Waals surface area contributed by atoms with E-state index in [1.807, 2.05) is 0 Å². The molecular formula is C11H13N3. The molecule has 1 heterocycles. The molecule has 0 amide bonds. The summed E-state index contributed by atoms with van der Waals surface area (Å²) in [5.74, 6) is 0.671. The van der Waals surface area contributed by atoms with Crippen LogP contribution < -0.4 is 5.73 Å². The summed E-state index contributed by atoms with van der Waals surface area (Å²) in [7, 11) is 0. The lowest BCUT2D eigenvalue weighted by Gasteiger charge is -2.21. The SMILES string of the molecule is CC1CCc2c(ncc(N)c2C#N)C1. The van der Waals surface area contributed by atoms with Crippen LogP contribution >= 0.6 is 0 Å². The summed E-state index contributed by atoms with van der Waals surface area (Å²) in [6.45, 7) is 2.22. The minimum atomic E-state index is 0.515. The molecule has 0 aromatic carbocycles. The van der Waals surface area contributed by atoms with E-state index >= 15 is 0 Å². The van der Waals surface area contributed by atoms with Crippen LogP contribution in [-0.2, 0) is 12.8 Å². The van der Waals surface area contributed by atoms with E-state index in [2.05, 4.69) is 18.0 Å². The van der Waals surface area contributed by atoms with E-state index in [-0.39, 0.29) is 0 Å². The number of nitrogens with zero attached hydrogens (tertiary/aromatic N) is 2. The molecule has 0 saturated carbocycles. The fourth-order valence-corrected chi connectivity index (χ4v) is 2.01. The molecule has 3 nitrogen and oxygen atoms in total. The van der Waals surface area contributed by atoms with Crippen molar-refractivity contribution >= 4 is 5.69 Å². The third-order valence-corrected chi connectivity index (χ3v) is 2.84. The third kappa shape index (κ3) is 1.33. The average Bonchev–Trinajstić information content (AvgIpc) is 2.18. The Balaban J connectivity index is 2.54. The molecule has 1 aliphatic rings. The molecule has 2 rings (SSSR count). The number of rotatable bonds is 0. The Kier molecular flexibility index (Phi) is 2.12. The van der Waals surface area contributed by atoms with Crippen LogP contribution in [0.5, 0.6) is 0 Å². The predicted octanol–water partition coefficient (Wildman–Crippen LogP) is 1.66. The van der Waals surface area contributed by atoms with E-state index in [9.17, 15) is 0 Å². The number of hydrogen-bond donors (Lipinski definition) is 1. The predicted molar refractivity (Wildman–Crippen MR) is 54.6 cm³/mol. The summed E-state index contributed by atoms with van der Waals surface area (Å²) in [6, 6.07) is 2.17. The number of nitrogens with two attached hydrogens (primary N) is 1. The van der Waals surface area contributed by atoms with Gasteiger partial charge in [-0.15, -0.1) is 0 Å². The van der Waals surface area contributed by atoms with Gasteiger partial charge in [-0.05, 0) is 30.7 Å². The Morgan fingerprint density at radius 1 is 1.64 bits per heavy atom. The maximum absolute atomic E-state index is 8.98. The fraction of sp³-hybridized carbons (Fsp3) is 0.455. The maximum Gasteiger partial charge on any atom is 0.102 e. The van der Waals surface area contributed by atoms with E-state index in [1.165, 1.54) is 0 Å². The van der Waals surface area contributed by atoms with Gasteiger partial charge in [-0.2, -0.15) is 5.26 Å². The van der Waals surface area contributed by atoms with E-state index in [1.54, 1.807) is 6.20 Å². The number of aromatic nitrogens is 1. The Morgan fingerprint density at radius 2 is 2.43 bits per heavy atom. The van der Waals surface area contributed by atoms with Crippen molar-refractivity contribution < 1.29 is 0 Å². The summed E-state index contributed by atoms with van der Waals surface area (Å²) >= 11 is 0. The van der Waals surface area contributed by atoms with E-state index in [0.29, 0.717) is 17.2 Å². The molecule has 0 aliphatic heterocycles. The Labute approximate surface area is 83.6 Å². The minimum absolute atomic E-state index is 0.515. The number of anilines is 1. The molecule has 72 valence electrons. The van der Waals surface area contributed by atoms with Gasteiger partial charge in [0.15, 0.2) is 0 Å². The van der Waals surface area contributed by atoms with Crippen LogP contribution in [0.25, 0.3) is 0 Å². The van der Waals surface area contributed by atoms with Crippen molar-refractivity contribution in [2.75, 3.05) is 5.73 Å². The molecule has 1 unspecified atom stereocenters. The summed E-state index contributed by atoms with van der Waals surface area (Å²) in [5.41, 5.74) is 9.00. The molecule has 0 saturated heterocycles. The number of hydrogen-bond acceptors (Lipinski definition) is 3. The zero-order chi connectivity index (χ0) is 10.1. The first kappa shape index (κ1) is 9.01. The van der Waals surface area contributed by atoms with Gasteiger partial charge in [-0.3, -0.25) is 4.98 Å². The zero-order valence-corrected chi connectivity index (χ0v) is 8.25. The monoisotopic (exact) mass is 187 g/mol. The second-order valence-electron chi connectivity index (χ2n) is 3.97. The Bertz CT molecular complexity index is 404. The molecule has 1 atom stereocenters. The lowest BCUT2D eigenvalue weighted by atomic mass is 9.86. The Hall–Kier alpha value is -1.56. The van der Waals surface area contributed by atoms with Crippen molar-refractivity contribution in [1.29, 1.82) is 5.26 Å². The summed E-state index contributed by atoms with van der Waals surface area (Å²) in [4.78, 5) is 4.30. The smallest absolute Gasteiger partial charge is 0.102 e. The van der Waals surface area contributed by atoms with E-state index < -0.39 is 0 Å². The third-order valence-electron chi connectivity index (χ3n) is 2.84. The molecule has 0 radical (unpaired) electrons. The average molecular weight is 187 g/mol.